The highest BCUT2D eigenvalue weighted by atomic mass is 16.5. The zero-order chi connectivity index (χ0) is 22.6. The first-order valence-electron chi connectivity index (χ1n) is 9.58. The second kappa shape index (κ2) is 7.75. The van der Waals surface area contributed by atoms with E-state index in [0.29, 0.717) is 0 Å². The summed E-state index contributed by atoms with van der Waals surface area (Å²) in [5.74, 6) is -3.50. The standard InChI is InChI=1S/C21H22O10/c22-5-7-4-10(25)14-15(16(7)26)13(8-2-1-3-9(24)12(8)18(14)28)21-20(30)19(29)17(27)11(6-23)31-21/h1-4,11,13,17,19-27,29-30H,5-6H2/t11-,13+,17-,19+,20-,21+/m1/s1. The zero-order valence-electron chi connectivity index (χ0n) is 16.1. The van der Waals surface area contributed by atoms with Crippen LogP contribution in [-0.2, 0) is 11.3 Å². The topological polar surface area (TPSA) is 188 Å². The average molecular weight is 434 g/mol. The lowest BCUT2D eigenvalue weighted by Gasteiger charge is -2.45. The Balaban J connectivity index is 2.01. The molecule has 0 bridgehead atoms. The summed E-state index contributed by atoms with van der Waals surface area (Å²) < 4.78 is 5.67. The first kappa shape index (κ1) is 21.5. The van der Waals surface area contributed by atoms with Crippen molar-refractivity contribution in [1.29, 1.82) is 0 Å². The van der Waals surface area contributed by atoms with Gasteiger partial charge in [-0.15, -0.1) is 0 Å². The molecule has 0 radical (unpaired) electrons. The van der Waals surface area contributed by atoms with Gasteiger partial charge in [-0.25, -0.2) is 0 Å². The van der Waals surface area contributed by atoms with Crippen molar-refractivity contribution in [2.45, 2.75) is 43.0 Å². The lowest BCUT2D eigenvalue weighted by atomic mass is 9.71. The third-order valence-corrected chi connectivity index (χ3v) is 6.00. The van der Waals surface area contributed by atoms with Crippen LogP contribution in [0.2, 0.25) is 0 Å². The highest BCUT2D eigenvalue weighted by Gasteiger charge is 2.51. The largest absolute Gasteiger partial charge is 0.507 e. The van der Waals surface area contributed by atoms with Crippen molar-refractivity contribution in [3.63, 3.8) is 0 Å². The van der Waals surface area contributed by atoms with Gasteiger partial charge in [0.1, 0.15) is 41.7 Å². The van der Waals surface area contributed by atoms with E-state index in [0.717, 1.165) is 6.07 Å². The number of aliphatic hydroxyl groups is 5. The lowest BCUT2D eigenvalue weighted by molar-refractivity contribution is -0.232. The van der Waals surface area contributed by atoms with Crippen LogP contribution in [0.25, 0.3) is 0 Å². The minimum absolute atomic E-state index is 0.0951. The Hall–Kier alpha value is -2.73. The van der Waals surface area contributed by atoms with Crippen LogP contribution in [0, 0.1) is 0 Å². The zero-order valence-corrected chi connectivity index (χ0v) is 16.1. The van der Waals surface area contributed by atoms with Crippen molar-refractivity contribution in [2.24, 2.45) is 0 Å². The molecule has 6 atom stereocenters. The molecule has 10 heteroatoms. The first-order valence-corrected chi connectivity index (χ1v) is 9.58. The van der Waals surface area contributed by atoms with Crippen LogP contribution in [0.4, 0.5) is 0 Å². The molecule has 0 saturated carbocycles. The van der Waals surface area contributed by atoms with Crippen molar-refractivity contribution in [3.05, 3.63) is 52.1 Å². The molecule has 166 valence electrons. The molecular formula is C21H22O10. The lowest BCUT2D eigenvalue weighted by Crippen LogP contribution is -2.60. The van der Waals surface area contributed by atoms with Crippen LogP contribution < -0.4 is 0 Å². The van der Waals surface area contributed by atoms with Crippen LogP contribution in [0.15, 0.2) is 24.3 Å². The SMILES string of the molecule is O=C1c2c(O)cccc2[C@H]([C@@H]2O[C@H](CO)[C@@H](O)[C@H](O)[C@H]2O)c2c(O)c(CO)cc(O)c21. The number of hydrogen-bond acceptors (Lipinski definition) is 10. The molecule has 1 saturated heterocycles. The number of hydrogen-bond donors (Lipinski definition) is 8. The van der Waals surface area contributed by atoms with E-state index in [1.165, 1.54) is 18.2 Å². The van der Waals surface area contributed by atoms with Crippen LogP contribution in [0.5, 0.6) is 17.2 Å². The molecule has 0 amide bonds. The van der Waals surface area contributed by atoms with Crippen LogP contribution in [0.1, 0.15) is 38.5 Å². The van der Waals surface area contributed by atoms with E-state index in [1.807, 2.05) is 0 Å². The molecule has 2 aromatic rings. The van der Waals surface area contributed by atoms with E-state index in [1.54, 1.807) is 0 Å². The van der Waals surface area contributed by atoms with E-state index in [9.17, 15) is 45.6 Å². The minimum atomic E-state index is -1.73. The summed E-state index contributed by atoms with van der Waals surface area (Å²) in [7, 11) is 0. The number of benzene rings is 2. The van der Waals surface area contributed by atoms with Gasteiger partial charge >= 0.3 is 0 Å². The van der Waals surface area contributed by atoms with Gasteiger partial charge in [-0.3, -0.25) is 4.79 Å². The normalized spacial score (nSPS) is 30.0. The van der Waals surface area contributed by atoms with Gasteiger partial charge in [-0.2, -0.15) is 0 Å². The highest BCUT2D eigenvalue weighted by Crippen LogP contribution is 2.51. The fourth-order valence-corrected chi connectivity index (χ4v) is 4.49. The molecule has 0 aromatic heterocycles. The van der Waals surface area contributed by atoms with Crippen LogP contribution in [-0.4, -0.2) is 83.8 Å². The maximum absolute atomic E-state index is 13.1. The van der Waals surface area contributed by atoms with E-state index in [4.69, 9.17) is 4.74 Å². The number of rotatable bonds is 3. The predicted octanol–water partition coefficient (Wildman–Crippen LogP) is -1.19. The summed E-state index contributed by atoms with van der Waals surface area (Å²) in [5.41, 5.74) is -0.681. The van der Waals surface area contributed by atoms with Crippen LogP contribution in [0.3, 0.4) is 0 Å². The van der Waals surface area contributed by atoms with E-state index in [-0.39, 0.29) is 27.8 Å². The molecule has 1 fully saturated rings. The Labute approximate surface area is 175 Å². The molecule has 1 heterocycles. The predicted molar refractivity (Wildman–Crippen MR) is 103 cm³/mol. The van der Waals surface area contributed by atoms with Gasteiger partial charge in [-0.1, -0.05) is 12.1 Å². The molecule has 2 aliphatic rings. The van der Waals surface area contributed by atoms with Gasteiger partial charge in [-0.05, 0) is 17.7 Å². The fraction of sp³-hybridized carbons (Fsp3) is 0.381. The molecule has 1 aliphatic heterocycles. The number of aliphatic hydroxyl groups excluding tert-OH is 5. The summed E-state index contributed by atoms with van der Waals surface area (Å²) in [6.45, 7) is -1.37. The first-order chi connectivity index (χ1) is 14.7. The molecule has 8 N–H and O–H groups in total. The molecular weight excluding hydrogens is 412 g/mol. The maximum atomic E-state index is 13.1. The Morgan fingerprint density at radius 2 is 1.61 bits per heavy atom. The van der Waals surface area contributed by atoms with Crippen molar-refractivity contribution in [3.8, 4) is 17.2 Å². The number of carbonyl (C=O) groups is 1. The monoisotopic (exact) mass is 434 g/mol. The summed E-state index contributed by atoms with van der Waals surface area (Å²) in [5, 5.41) is 81.9. The molecule has 1 aliphatic carbocycles. The highest BCUT2D eigenvalue weighted by molar-refractivity contribution is 6.16. The quantitative estimate of drug-likeness (QED) is 0.273. The van der Waals surface area contributed by atoms with Crippen molar-refractivity contribution in [1.82, 2.24) is 0 Å². The smallest absolute Gasteiger partial charge is 0.201 e. The van der Waals surface area contributed by atoms with Gasteiger partial charge < -0.3 is 45.6 Å². The third-order valence-electron chi connectivity index (χ3n) is 6.00. The summed E-state index contributed by atoms with van der Waals surface area (Å²) in [6.07, 6.45) is -7.74. The Kier molecular flexibility index (Phi) is 5.38. The molecule has 0 spiro atoms. The van der Waals surface area contributed by atoms with Crippen LogP contribution >= 0.6 is 0 Å². The van der Waals surface area contributed by atoms with Gasteiger partial charge in [0.05, 0.1) is 30.4 Å². The molecule has 4 rings (SSSR count). The van der Waals surface area contributed by atoms with E-state index < -0.39 is 72.7 Å². The Morgan fingerprint density at radius 3 is 2.26 bits per heavy atom. The number of ketones is 1. The summed E-state index contributed by atoms with van der Waals surface area (Å²) in [6, 6.07) is 5.15. The number of fused-ring (bicyclic) bond motifs is 2. The summed E-state index contributed by atoms with van der Waals surface area (Å²) in [4.78, 5) is 13.1. The number of ether oxygens (including phenoxy) is 1. The second-order valence-corrected chi connectivity index (χ2v) is 7.69. The second-order valence-electron chi connectivity index (χ2n) is 7.69. The number of aromatic hydroxyl groups is 3. The minimum Gasteiger partial charge on any atom is -0.507 e. The van der Waals surface area contributed by atoms with Crippen molar-refractivity contribution in [2.75, 3.05) is 6.61 Å². The van der Waals surface area contributed by atoms with Gasteiger partial charge in [0.15, 0.2) is 0 Å². The number of carbonyl (C=O) groups excluding carboxylic acids is 1. The number of phenolic OH excluding ortho intramolecular Hbond substituents is 2. The molecule has 0 unspecified atom stereocenters. The van der Waals surface area contributed by atoms with E-state index in [2.05, 4.69) is 0 Å². The summed E-state index contributed by atoms with van der Waals surface area (Å²) >= 11 is 0. The molecule has 2 aromatic carbocycles. The maximum Gasteiger partial charge on any atom is 0.201 e. The average Bonchev–Trinajstić information content (AvgIpc) is 2.75. The van der Waals surface area contributed by atoms with E-state index >= 15 is 0 Å². The third kappa shape index (κ3) is 3.07. The van der Waals surface area contributed by atoms with Crippen molar-refractivity contribution < 1.29 is 50.4 Å². The van der Waals surface area contributed by atoms with Gasteiger partial charge in [0.25, 0.3) is 0 Å². The fourth-order valence-electron chi connectivity index (χ4n) is 4.49. The Morgan fingerprint density at radius 1 is 0.903 bits per heavy atom. The number of phenols is 3. The van der Waals surface area contributed by atoms with Crippen molar-refractivity contribution >= 4 is 5.78 Å². The van der Waals surface area contributed by atoms with Gasteiger partial charge in [0.2, 0.25) is 5.78 Å². The Bertz CT molecular complexity index is 1030. The van der Waals surface area contributed by atoms with Gasteiger partial charge in [0, 0.05) is 17.0 Å². The molecule has 31 heavy (non-hydrogen) atoms. The molecule has 10 nitrogen and oxygen atoms in total.